The molecule has 0 aliphatic rings. The topological polar surface area (TPSA) is 119 Å². The van der Waals surface area contributed by atoms with Crippen LogP contribution in [-0.2, 0) is 9.53 Å². The Labute approximate surface area is 143 Å². The maximum absolute atomic E-state index is 12.0. The molecule has 4 N–H and O–H groups in total. The molecule has 10 heteroatoms. The van der Waals surface area contributed by atoms with E-state index in [4.69, 9.17) is 10.5 Å². The Bertz CT molecular complexity index is 510. The first kappa shape index (κ1) is 19.7. The molecule has 0 saturated heterocycles. The summed E-state index contributed by atoms with van der Waals surface area (Å²) in [5.41, 5.74) is 4.99. The maximum atomic E-state index is 12.0. The second-order valence-electron chi connectivity index (χ2n) is 4.99. The molecule has 0 fully saturated rings. The van der Waals surface area contributed by atoms with Gasteiger partial charge in [-0.2, -0.15) is 0 Å². The van der Waals surface area contributed by atoms with Gasteiger partial charge in [0.1, 0.15) is 0 Å². The summed E-state index contributed by atoms with van der Waals surface area (Å²) in [6, 6.07) is -0.852. The van der Waals surface area contributed by atoms with Crippen LogP contribution < -0.4 is 16.4 Å². The monoisotopic (exact) mass is 361 g/mol. The number of anilines is 1. The van der Waals surface area contributed by atoms with Gasteiger partial charge in [0.2, 0.25) is 11.0 Å². The lowest BCUT2D eigenvalue weighted by Gasteiger charge is -2.16. The van der Waals surface area contributed by atoms with Crippen LogP contribution in [0.2, 0.25) is 0 Å². The minimum atomic E-state index is -0.852. The van der Waals surface area contributed by atoms with E-state index in [0.29, 0.717) is 22.7 Å². The van der Waals surface area contributed by atoms with Crippen LogP contribution in [0.4, 0.5) is 9.93 Å². The molecular formula is C13H23N5O3S2. The van der Waals surface area contributed by atoms with E-state index in [2.05, 4.69) is 20.8 Å². The number of nitrogens with zero attached hydrogens (tertiary/aromatic N) is 2. The maximum Gasteiger partial charge on any atom is 0.318 e. The lowest BCUT2D eigenvalue weighted by molar-refractivity contribution is -0.120. The van der Waals surface area contributed by atoms with Crippen LogP contribution in [0.25, 0.3) is 0 Å². The SMILES string of the molecule is CCOCCCNc1nnc(S[C@@H](C(=O)NC(N)=O)C(C)C)s1. The van der Waals surface area contributed by atoms with E-state index in [9.17, 15) is 9.59 Å². The van der Waals surface area contributed by atoms with Crippen molar-refractivity contribution in [3.63, 3.8) is 0 Å². The van der Waals surface area contributed by atoms with Gasteiger partial charge >= 0.3 is 6.03 Å². The summed E-state index contributed by atoms with van der Waals surface area (Å²) in [7, 11) is 0. The van der Waals surface area contributed by atoms with E-state index < -0.39 is 17.2 Å². The van der Waals surface area contributed by atoms with Gasteiger partial charge < -0.3 is 15.8 Å². The first-order chi connectivity index (χ1) is 10.9. The standard InChI is InChI=1S/C13H23N5O3S2/c1-4-21-7-5-6-15-12-17-18-13(23-12)22-9(8(2)3)10(19)16-11(14)20/h8-9H,4-7H2,1-3H3,(H,15,17)(H3,14,16,19,20)/t9-/m1/s1. The number of ether oxygens (including phenoxy) is 1. The van der Waals surface area contributed by atoms with E-state index in [1.807, 2.05) is 20.8 Å². The zero-order valence-electron chi connectivity index (χ0n) is 13.5. The average molecular weight is 361 g/mol. The normalized spacial score (nSPS) is 12.2. The number of rotatable bonds is 10. The van der Waals surface area contributed by atoms with Gasteiger partial charge in [-0.15, -0.1) is 10.2 Å². The molecule has 1 atom stereocenters. The smallest absolute Gasteiger partial charge is 0.318 e. The number of nitrogens with one attached hydrogen (secondary N) is 2. The highest BCUT2D eigenvalue weighted by atomic mass is 32.2. The Kier molecular flexibility index (Phi) is 8.89. The molecule has 130 valence electrons. The molecule has 23 heavy (non-hydrogen) atoms. The van der Waals surface area contributed by atoms with E-state index in [1.165, 1.54) is 23.1 Å². The second kappa shape index (κ2) is 10.4. The van der Waals surface area contributed by atoms with Crippen molar-refractivity contribution in [1.29, 1.82) is 0 Å². The van der Waals surface area contributed by atoms with E-state index >= 15 is 0 Å². The zero-order valence-corrected chi connectivity index (χ0v) is 15.1. The summed E-state index contributed by atoms with van der Waals surface area (Å²) in [6.07, 6.45) is 0.880. The molecule has 0 saturated carbocycles. The van der Waals surface area contributed by atoms with Crippen molar-refractivity contribution in [2.24, 2.45) is 11.7 Å². The molecule has 8 nitrogen and oxygen atoms in total. The average Bonchev–Trinajstić information content (AvgIpc) is 2.91. The highest BCUT2D eigenvalue weighted by molar-refractivity contribution is 8.02. The number of aromatic nitrogens is 2. The molecule has 3 amide bonds. The predicted octanol–water partition coefficient (Wildman–Crippen LogP) is 1.69. The number of thioether (sulfide) groups is 1. The summed E-state index contributed by atoms with van der Waals surface area (Å²) in [5.74, 6) is -0.398. The molecule has 1 aromatic rings. The molecule has 0 aromatic carbocycles. The van der Waals surface area contributed by atoms with Gasteiger partial charge in [0.15, 0.2) is 4.34 Å². The molecule has 0 radical (unpaired) electrons. The van der Waals surface area contributed by atoms with Crippen molar-refractivity contribution >= 4 is 40.2 Å². The largest absolute Gasteiger partial charge is 0.382 e. The number of amides is 3. The van der Waals surface area contributed by atoms with Gasteiger partial charge in [0, 0.05) is 19.8 Å². The minimum absolute atomic E-state index is 0.0193. The predicted molar refractivity (Wildman–Crippen MR) is 91.7 cm³/mol. The van der Waals surface area contributed by atoms with E-state index in [1.54, 1.807) is 0 Å². The lowest BCUT2D eigenvalue weighted by atomic mass is 10.1. The third-order valence-corrected chi connectivity index (χ3v) is 5.20. The number of carbonyl (C=O) groups is 2. The lowest BCUT2D eigenvalue weighted by Crippen LogP contribution is -2.42. The Morgan fingerprint density at radius 1 is 1.39 bits per heavy atom. The first-order valence-corrected chi connectivity index (χ1v) is 9.05. The van der Waals surface area contributed by atoms with Crippen molar-refractivity contribution in [3.8, 4) is 0 Å². The van der Waals surface area contributed by atoms with Crippen molar-refractivity contribution in [2.75, 3.05) is 25.1 Å². The van der Waals surface area contributed by atoms with Gasteiger partial charge in [0.05, 0.1) is 5.25 Å². The highest BCUT2D eigenvalue weighted by Gasteiger charge is 2.26. The van der Waals surface area contributed by atoms with E-state index in [0.717, 1.165) is 13.0 Å². The second-order valence-corrected chi connectivity index (χ2v) is 7.35. The van der Waals surface area contributed by atoms with Gasteiger partial charge in [-0.1, -0.05) is 36.9 Å². The fourth-order valence-corrected chi connectivity index (χ4v) is 3.62. The fourth-order valence-electron chi connectivity index (χ4n) is 1.64. The van der Waals surface area contributed by atoms with Crippen LogP contribution in [0.15, 0.2) is 4.34 Å². The summed E-state index contributed by atoms with van der Waals surface area (Å²) < 4.78 is 5.92. The molecule has 0 bridgehead atoms. The van der Waals surface area contributed by atoms with Crippen molar-refractivity contribution in [3.05, 3.63) is 0 Å². The van der Waals surface area contributed by atoms with E-state index in [-0.39, 0.29) is 5.92 Å². The Morgan fingerprint density at radius 2 is 2.13 bits per heavy atom. The number of imide groups is 1. The molecule has 1 rings (SSSR count). The molecule has 0 spiro atoms. The number of primary amides is 1. The van der Waals surface area contributed by atoms with Gasteiger partial charge in [-0.25, -0.2) is 4.79 Å². The van der Waals surface area contributed by atoms with Crippen LogP contribution in [0, 0.1) is 5.92 Å². The third kappa shape index (κ3) is 7.62. The number of urea groups is 1. The van der Waals surface area contributed by atoms with Crippen molar-refractivity contribution < 1.29 is 14.3 Å². The molecular weight excluding hydrogens is 338 g/mol. The summed E-state index contributed by atoms with van der Waals surface area (Å²) in [5, 5.41) is 13.6. The first-order valence-electron chi connectivity index (χ1n) is 7.36. The van der Waals surface area contributed by atoms with Crippen LogP contribution in [0.1, 0.15) is 27.2 Å². The summed E-state index contributed by atoms with van der Waals surface area (Å²) >= 11 is 2.65. The molecule has 0 aliphatic carbocycles. The van der Waals surface area contributed by atoms with Crippen LogP contribution in [0.5, 0.6) is 0 Å². The minimum Gasteiger partial charge on any atom is -0.382 e. The van der Waals surface area contributed by atoms with Crippen LogP contribution in [0.3, 0.4) is 0 Å². The number of carbonyl (C=O) groups excluding carboxylic acids is 2. The molecule has 1 aromatic heterocycles. The Hall–Kier alpha value is -1.39. The van der Waals surface area contributed by atoms with Crippen LogP contribution in [-0.4, -0.2) is 47.1 Å². The highest BCUT2D eigenvalue weighted by Crippen LogP contribution is 2.32. The Morgan fingerprint density at radius 3 is 2.74 bits per heavy atom. The number of hydrogen-bond donors (Lipinski definition) is 3. The third-order valence-electron chi connectivity index (χ3n) is 2.69. The molecule has 1 heterocycles. The Balaban J connectivity index is 2.51. The summed E-state index contributed by atoms with van der Waals surface area (Å²) in [6.45, 7) is 7.91. The van der Waals surface area contributed by atoms with Crippen molar-refractivity contribution in [1.82, 2.24) is 15.5 Å². The summed E-state index contributed by atoms with van der Waals surface area (Å²) in [4.78, 5) is 22.8. The zero-order chi connectivity index (χ0) is 17.2. The van der Waals surface area contributed by atoms with Crippen molar-refractivity contribution in [2.45, 2.75) is 36.8 Å². The van der Waals surface area contributed by atoms with Crippen LogP contribution >= 0.6 is 23.1 Å². The van der Waals surface area contributed by atoms with Gasteiger partial charge in [-0.3, -0.25) is 10.1 Å². The number of hydrogen-bond acceptors (Lipinski definition) is 8. The van der Waals surface area contributed by atoms with Gasteiger partial charge in [0.25, 0.3) is 0 Å². The molecule has 0 aliphatic heterocycles. The number of nitrogens with two attached hydrogens (primary N) is 1. The quantitative estimate of drug-likeness (QED) is 0.428. The fraction of sp³-hybridized carbons (Fsp3) is 0.692. The molecule has 0 unspecified atom stereocenters. The van der Waals surface area contributed by atoms with Gasteiger partial charge in [-0.05, 0) is 19.3 Å².